The second-order valence-corrected chi connectivity index (χ2v) is 5.24. The lowest BCUT2D eigenvalue weighted by Gasteiger charge is -2.18. The Morgan fingerprint density at radius 2 is 2.06 bits per heavy atom. The van der Waals surface area contributed by atoms with Gasteiger partial charge in [0.15, 0.2) is 0 Å². The first kappa shape index (κ1) is 14.9. The number of amides is 1. The molecule has 0 atom stereocenters. The zero-order chi connectivity index (χ0) is 13.7. The van der Waals surface area contributed by atoms with Crippen molar-refractivity contribution in [2.45, 2.75) is 19.8 Å². The second-order valence-electron chi connectivity index (χ2n) is 4.16. The lowest BCUT2D eigenvalue weighted by atomic mass is 10.1. The van der Waals surface area contributed by atoms with Crippen LogP contribution in [0.5, 0.6) is 0 Å². The summed E-state index contributed by atoms with van der Waals surface area (Å²) in [6.07, 6.45) is 0.558. The van der Waals surface area contributed by atoms with Crippen LogP contribution in [0, 0.1) is 10.5 Å². The molecule has 1 rings (SSSR count). The molecule has 0 aliphatic rings. The number of benzene rings is 1. The van der Waals surface area contributed by atoms with E-state index in [2.05, 4.69) is 22.6 Å². The van der Waals surface area contributed by atoms with E-state index in [1.165, 1.54) is 0 Å². The number of carbonyl (C=O) groups excluding carboxylic acids is 1. The van der Waals surface area contributed by atoms with Crippen LogP contribution < -0.4 is 0 Å². The van der Waals surface area contributed by atoms with E-state index in [9.17, 15) is 9.59 Å². The number of carboxylic acid groups (broad SMARTS) is 1. The van der Waals surface area contributed by atoms with E-state index >= 15 is 0 Å². The van der Waals surface area contributed by atoms with E-state index in [0.29, 0.717) is 18.5 Å². The van der Waals surface area contributed by atoms with Gasteiger partial charge in [-0.1, -0.05) is 12.1 Å². The van der Waals surface area contributed by atoms with Crippen molar-refractivity contribution in [1.82, 2.24) is 4.90 Å². The molecule has 0 saturated heterocycles. The SMILES string of the molecule is Cc1cccc(C(=O)N(C)CCCC(=O)O)c1I. The third-order valence-corrected chi connectivity index (χ3v) is 4.08. The molecule has 0 heterocycles. The Labute approximate surface area is 120 Å². The van der Waals surface area contributed by atoms with Gasteiger partial charge >= 0.3 is 5.97 Å². The molecule has 0 bridgehead atoms. The van der Waals surface area contributed by atoms with Crippen LogP contribution in [0.3, 0.4) is 0 Å². The van der Waals surface area contributed by atoms with Crippen LogP contribution >= 0.6 is 22.6 Å². The first-order valence-electron chi connectivity index (χ1n) is 5.66. The second kappa shape index (κ2) is 6.72. The van der Waals surface area contributed by atoms with Crippen molar-refractivity contribution < 1.29 is 14.7 Å². The number of nitrogens with zero attached hydrogens (tertiary/aromatic N) is 1. The molecule has 0 aliphatic carbocycles. The van der Waals surface area contributed by atoms with Crippen LogP contribution in [-0.2, 0) is 4.79 Å². The maximum absolute atomic E-state index is 12.2. The predicted octanol–water partition coefficient (Wildman–Crippen LogP) is 2.54. The van der Waals surface area contributed by atoms with E-state index in [1.807, 2.05) is 19.1 Å². The summed E-state index contributed by atoms with van der Waals surface area (Å²) in [5.41, 5.74) is 1.74. The Morgan fingerprint density at radius 3 is 2.67 bits per heavy atom. The number of rotatable bonds is 5. The number of carbonyl (C=O) groups is 2. The van der Waals surface area contributed by atoms with Gasteiger partial charge in [0.2, 0.25) is 0 Å². The molecule has 0 radical (unpaired) electrons. The Kier molecular flexibility index (Phi) is 5.58. The van der Waals surface area contributed by atoms with Gasteiger partial charge in [-0.25, -0.2) is 0 Å². The van der Waals surface area contributed by atoms with Crippen LogP contribution in [0.25, 0.3) is 0 Å². The predicted molar refractivity (Wildman–Crippen MR) is 77.7 cm³/mol. The van der Waals surface area contributed by atoms with E-state index in [-0.39, 0.29) is 12.3 Å². The highest BCUT2D eigenvalue weighted by atomic mass is 127. The van der Waals surface area contributed by atoms with Crippen LogP contribution in [0.1, 0.15) is 28.8 Å². The van der Waals surface area contributed by atoms with Gasteiger partial charge in [-0.2, -0.15) is 0 Å². The van der Waals surface area contributed by atoms with Crippen LogP contribution in [0.4, 0.5) is 0 Å². The molecule has 0 fully saturated rings. The molecule has 1 amide bonds. The molecule has 5 heteroatoms. The minimum atomic E-state index is -0.832. The van der Waals surface area contributed by atoms with Gasteiger partial charge in [-0.15, -0.1) is 0 Å². The molecule has 0 saturated carbocycles. The summed E-state index contributed by atoms with van der Waals surface area (Å²) < 4.78 is 0.949. The fraction of sp³-hybridized carbons (Fsp3) is 0.385. The quantitative estimate of drug-likeness (QED) is 0.820. The van der Waals surface area contributed by atoms with E-state index in [0.717, 1.165) is 9.13 Å². The standard InChI is InChI=1S/C13H16INO3/c1-9-5-3-6-10(12(9)14)13(18)15(2)8-4-7-11(16)17/h3,5-6H,4,7-8H2,1-2H3,(H,16,17). The number of aryl methyl sites for hydroxylation is 1. The summed E-state index contributed by atoms with van der Waals surface area (Å²) in [4.78, 5) is 24.2. The lowest BCUT2D eigenvalue weighted by molar-refractivity contribution is -0.137. The number of hydrogen-bond donors (Lipinski definition) is 1. The average molecular weight is 361 g/mol. The van der Waals surface area contributed by atoms with Gasteiger partial charge in [0.25, 0.3) is 5.91 Å². The highest BCUT2D eigenvalue weighted by Gasteiger charge is 2.15. The molecule has 1 N–H and O–H groups in total. The van der Waals surface area contributed by atoms with Crippen molar-refractivity contribution in [3.8, 4) is 0 Å². The maximum atomic E-state index is 12.2. The first-order chi connectivity index (χ1) is 8.43. The van der Waals surface area contributed by atoms with E-state index < -0.39 is 5.97 Å². The van der Waals surface area contributed by atoms with Crippen LogP contribution in [0.15, 0.2) is 18.2 Å². The molecule has 1 aromatic carbocycles. The normalized spacial score (nSPS) is 10.2. The topological polar surface area (TPSA) is 57.6 Å². The van der Waals surface area contributed by atoms with E-state index in [4.69, 9.17) is 5.11 Å². The molecule has 1 aromatic rings. The largest absolute Gasteiger partial charge is 0.481 e. The molecule has 4 nitrogen and oxygen atoms in total. The van der Waals surface area contributed by atoms with Gasteiger partial charge < -0.3 is 10.0 Å². The molecule has 0 unspecified atom stereocenters. The number of hydrogen-bond acceptors (Lipinski definition) is 2. The summed E-state index contributed by atoms with van der Waals surface area (Å²) >= 11 is 2.16. The Morgan fingerprint density at radius 1 is 1.39 bits per heavy atom. The zero-order valence-corrected chi connectivity index (χ0v) is 12.6. The van der Waals surface area contributed by atoms with Crippen molar-refractivity contribution in [3.63, 3.8) is 0 Å². The highest BCUT2D eigenvalue weighted by molar-refractivity contribution is 14.1. The minimum Gasteiger partial charge on any atom is -0.481 e. The summed E-state index contributed by atoms with van der Waals surface area (Å²) in [6, 6.07) is 5.61. The maximum Gasteiger partial charge on any atom is 0.303 e. The molecule has 0 aromatic heterocycles. The third-order valence-electron chi connectivity index (χ3n) is 2.65. The lowest BCUT2D eigenvalue weighted by Crippen LogP contribution is -2.28. The highest BCUT2D eigenvalue weighted by Crippen LogP contribution is 2.18. The zero-order valence-electron chi connectivity index (χ0n) is 10.4. The fourth-order valence-electron chi connectivity index (χ4n) is 1.59. The Balaban J connectivity index is 2.69. The molecule has 98 valence electrons. The summed E-state index contributed by atoms with van der Waals surface area (Å²) in [5.74, 6) is -0.894. The van der Waals surface area contributed by atoms with Crippen molar-refractivity contribution >= 4 is 34.5 Å². The Hall–Kier alpha value is -1.11. The van der Waals surface area contributed by atoms with Crippen LogP contribution in [-0.4, -0.2) is 35.5 Å². The first-order valence-corrected chi connectivity index (χ1v) is 6.73. The van der Waals surface area contributed by atoms with E-state index in [1.54, 1.807) is 18.0 Å². The number of aliphatic carboxylic acids is 1. The molecule has 18 heavy (non-hydrogen) atoms. The third kappa shape index (κ3) is 3.97. The van der Waals surface area contributed by atoms with Gasteiger partial charge in [-0.3, -0.25) is 9.59 Å². The van der Waals surface area contributed by atoms with Crippen molar-refractivity contribution in [1.29, 1.82) is 0 Å². The van der Waals surface area contributed by atoms with Gasteiger partial charge in [0.1, 0.15) is 0 Å². The molecular formula is C13H16INO3. The van der Waals surface area contributed by atoms with Gasteiger partial charge in [-0.05, 0) is 47.6 Å². The molecular weight excluding hydrogens is 345 g/mol. The van der Waals surface area contributed by atoms with Crippen molar-refractivity contribution in [2.24, 2.45) is 0 Å². The summed E-state index contributed by atoms with van der Waals surface area (Å²) in [5, 5.41) is 8.56. The van der Waals surface area contributed by atoms with Crippen LogP contribution in [0.2, 0.25) is 0 Å². The smallest absolute Gasteiger partial charge is 0.303 e. The summed E-state index contributed by atoms with van der Waals surface area (Å²) in [6.45, 7) is 2.41. The minimum absolute atomic E-state index is 0.0616. The fourth-order valence-corrected chi connectivity index (χ4v) is 2.18. The number of halogens is 1. The van der Waals surface area contributed by atoms with Crippen molar-refractivity contribution in [3.05, 3.63) is 32.9 Å². The van der Waals surface area contributed by atoms with Gasteiger partial charge in [0, 0.05) is 23.6 Å². The van der Waals surface area contributed by atoms with Crippen molar-refractivity contribution in [2.75, 3.05) is 13.6 Å². The molecule has 0 aliphatic heterocycles. The van der Waals surface area contributed by atoms with Gasteiger partial charge in [0.05, 0.1) is 5.56 Å². The number of carboxylic acids is 1. The Bertz CT molecular complexity index is 460. The summed E-state index contributed by atoms with van der Waals surface area (Å²) in [7, 11) is 1.70. The average Bonchev–Trinajstić information content (AvgIpc) is 2.31. The monoisotopic (exact) mass is 361 g/mol. The molecule has 0 spiro atoms.